The number of aromatic nitrogens is 1. The van der Waals surface area contributed by atoms with Crippen LogP contribution in [0.2, 0.25) is 0 Å². The molecular formula is C15H14N4O4. The quantitative estimate of drug-likeness (QED) is 0.519. The van der Waals surface area contributed by atoms with Crippen LogP contribution in [0.25, 0.3) is 0 Å². The Kier molecular flexibility index (Phi) is 4.98. The topological polar surface area (TPSA) is 107 Å². The van der Waals surface area contributed by atoms with Crippen LogP contribution in [0.5, 0.6) is 5.75 Å². The molecule has 23 heavy (non-hydrogen) atoms. The van der Waals surface area contributed by atoms with E-state index in [0.717, 1.165) is 5.56 Å². The maximum Gasteiger partial charge on any atom is 0.275 e. The van der Waals surface area contributed by atoms with Crippen molar-refractivity contribution in [2.75, 3.05) is 5.32 Å². The molecule has 8 nitrogen and oxygen atoms in total. The molecule has 0 spiro atoms. The number of pyridine rings is 1. The Balaban J connectivity index is 2.26. The molecule has 0 unspecified atom stereocenters. The predicted octanol–water partition coefficient (Wildman–Crippen LogP) is 2.75. The van der Waals surface area contributed by atoms with E-state index in [1.807, 2.05) is 0 Å². The zero-order chi connectivity index (χ0) is 16.8. The molecule has 1 aromatic heterocycles. The van der Waals surface area contributed by atoms with Crippen molar-refractivity contribution < 1.29 is 14.6 Å². The van der Waals surface area contributed by atoms with Crippen molar-refractivity contribution in [3.63, 3.8) is 0 Å². The molecule has 1 N–H and O–H groups in total. The van der Waals surface area contributed by atoms with Gasteiger partial charge in [-0.1, -0.05) is 5.16 Å². The van der Waals surface area contributed by atoms with Gasteiger partial charge in [0.05, 0.1) is 22.4 Å². The summed E-state index contributed by atoms with van der Waals surface area (Å²) in [6.45, 7) is 3.05. The molecule has 0 radical (unpaired) electrons. The molecule has 0 bridgehead atoms. The van der Waals surface area contributed by atoms with Gasteiger partial charge in [-0.15, -0.1) is 0 Å². The second-order valence-corrected chi connectivity index (χ2v) is 4.66. The molecule has 0 aliphatic rings. The first-order valence-electron chi connectivity index (χ1n) is 6.65. The first kappa shape index (κ1) is 16.1. The summed E-state index contributed by atoms with van der Waals surface area (Å²) in [4.78, 5) is 30.6. The Morgan fingerprint density at radius 3 is 2.57 bits per heavy atom. The van der Waals surface area contributed by atoms with Crippen LogP contribution in [0.4, 0.5) is 11.4 Å². The zero-order valence-corrected chi connectivity index (χ0v) is 12.5. The number of carbonyl (C=O) groups excluding carboxylic acids is 1. The van der Waals surface area contributed by atoms with Gasteiger partial charge in [-0.25, -0.2) is 0 Å². The lowest BCUT2D eigenvalue weighted by Crippen LogP contribution is -2.06. The number of hydrogen-bond donors (Lipinski definition) is 1. The number of oxime groups is 1. The van der Waals surface area contributed by atoms with Gasteiger partial charge >= 0.3 is 0 Å². The molecule has 2 rings (SSSR count). The zero-order valence-electron chi connectivity index (χ0n) is 12.5. The second-order valence-electron chi connectivity index (χ2n) is 4.66. The summed E-state index contributed by atoms with van der Waals surface area (Å²) in [6.07, 6.45) is 3.24. The Morgan fingerprint density at radius 1 is 1.26 bits per heavy atom. The maximum absolute atomic E-state index is 11.1. The highest BCUT2D eigenvalue weighted by molar-refractivity contribution is 5.98. The van der Waals surface area contributed by atoms with E-state index in [4.69, 9.17) is 4.84 Å². The SMILES string of the molecule is CC(=O)Nc1cc(ON=C(C)c2ccncc2)cc([N+](=O)[O-])c1. The minimum Gasteiger partial charge on any atom is -0.356 e. The highest BCUT2D eigenvalue weighted by Gasteiger charge is 2.12. The Morgan fingerprint density at radius 2 is 1.96 bits per heavy atom. The van der Waals surface area contributed by atoms with Crippen LogP contribution in [0.1, 0.15) is 19.4 Å². The number of amides is 1. The molecule has 8 heteroatoms. The van der Waals surface area contributed by atoms with Crippen molar-refractivity contribution in [1.82, 2.24) is 4.98 Å². The highest BCUT2D eigenvalue weighted by atomic mass is 16.6. The van der Waals surface area contributed by atoms with E-state index < -0.39 is 4.92 Å². The molecule has 118 valence electrons. The van der Waals surface area contributed by atoms with Crippen LogP contribution in [-0.2, 0) is 4.79 Å². The van der Waals surface area contributed by atoms with Gasteiger partial charge in [-0.05, 0) is 19.1 Å². The van der Waals surface area contributed by atoms with Gasteiger partial charge in [-0.3, -0.25) is 19.9 Å². The second kappa shape index (κ2) is 7.12. The van der Waals surface area contributed by atoms with E-state index in [9.17, 15) is 14.9 Å². The minimum absolute atomic E-state index is 0.149. The van der Waals surface area contributed by atoms with Crippen molar-refractivity contribution in [3.05, 3.63) is 58.4 Å². The van der Waals surface area contributed by atoms with Crippen molar-refractivity contribution in [3.8, 4) is 5.75 Å². The van der Waals surface area contributed by atoms with Gasteiger partial charge < -0.3 is 10.2 Å². The molecule has 0 saturated heterocycles. The summed E-state index contributed by atoms with van der Waals surface area (Å²) < 4.78 is 0. The lowest BCUT2D eigenvalue weighted by molar-refractivity contribution is -0.384. The fraction of sp³-hybridized carbons (Fsp3) is 0.133. The van der Waals surface area contributed by atoms with Crippen LogP contribution in [-0.4, -0.2) is 21.5 Å². The third kappa shape index (κ3) is 4.60. The molecule has 0 aliphatic heterocycles. The lowest BCUT2D eigenvalue weighted by Gasteiger charge is -2.06. The summed E-state index contributed by atoms with van der Waals surface area (Å²) in [7, 11) is 0. The van der Waals surface area contributed by atoms with E-state index in [1.165, 1.54) is 25.1 Å². The van der Waals surface area contributed by atoms with E-state index >= 15 is 0 Å². The van der Waals surface area contributed by atoms with Crippen LogP contribution >= 0.6 is 0 Å². The number of anilines is 1. The smallest absolute Gasteiger partial charge is 0.275 e. The molecule has 0 saturated carbocycles. The Hall–Kier alpha value is -3.29. The standard InChI is InChI=1S/C15H14N4O4/c1-10(12-3-5-16-6-4-12)18-23-15-8-13(17-11(2)20)7-14(9-15)19(21)22/h3-9H,1-2H3,(H,17,20). The third-order valence-electron chi connectivity index (χ3n) is 2.81. The summed E-state index contributed by atoms with van der Waals surface area (Å²) in [5.41, 5.74) is 1.45. The third-order valence-corrected chi connectivity index (χ3v) is 2.81. The van der Waals surface area contributed by atoms with Crippen LogP contribution in [0.3, 0.4) is 0 Å². The van der Waals surface area contributed by atoms with E-state index in [0.29, 0.717) is 5.71 Å². The normalized spacial score (nSPS) is 11.0. The number of nitro groups is 1. The summed E-state index contributed by atoms with van der Waals surface area (Å²) in [5.74, 6) is -0.190. The van der Waals surface area contributed by atoms with Crippen molar-refractivity contribution in [2.45, 2.75) is 13.8 Å². The maximum atomic E-state index is 11.1. The molecule has 0 aliphatic carbocycles. The molecule has 1 aromatic carbocycles. The molecule has 1 heterocycles. The van der Waals surface area contributed by atoms with E-state index in [2.05, 4.69) is 15.5 Å². The number of hydrogen-bond acceptors (Lipinski definition) is 6. The van der Waals surface area contributed by atoms with Crippen LogP contribution in [0.15, 0.2) is 47.9 Å². The number of benzene rings is 1. The largest absolute Gasteiger partial charge is 0.356 e. The van der Waals surface area contributed by atoms with Gasteiger partial charge in [-0.2, -0.15) is 0 Å². The number of nitrogens with zero attached hydrogens (tertiary/aromatic N) is 3. The molecular weight excluding hydrogens is 300 g/mol. The number of nitrogens with one attached hydrogen (secondary N) is 1. The monoisotopic (exact) mass is 314 g/mol. The van der Waals surface area contributed by atoms with Gasteiger partial charge in [0.25, 0.3) is 5.69 Å². The predicted molar refractivity (Wildman–Crippen MR) is 84.5 cm³/mol. The number of non-ortho nitro benzene ring substituents is 1. The van der Waals surface area contributed by atoms with Gasteiger partial charge in [0.1, 0.15) is 0 Å². The highest BCUT2D eigenvalue weighted by Crippen LogP contribution is 2.26. The first-order valence-corrected chi connectivity index (χ1v) is 6.65. The fourth-order valence-electron chi connectivity index (χ4n) is 1.78. The first-order chi connectivity index (χ1) is 11.0. The van der Waals surface area contributed by atoms with Crippen molar-refractivity contribution in [1.29, 1.82) is 0 Å². The molecule has 1 amide bonds. The lowest BCUT2D eigenvalue weighted by atomic mass is 10.2. The van der Waals surface area contributed by atoms with Crippen LogP contribution in [0, 0.1) is 10.1 Å². The summed E-state index contributed by atoms with van der Waals surface area (Å²) in [5, 5.41) is 17.4. The average molecular weight is 314 g/mol. The number of rotatable bonds is 5. The minimum atomic E-state index is -0.572. The van der Waals surface area contributed by atoms with Crippen molar-refractivity contribution >= 4 is 23.0 Å². The molecule has 0 fully saturated rings. The molecule has 2 aromatic rings. The average Bonchev–Trinajstić information content (AvgIpc) is 2.52. The molecule has 0 atom stereocenters. The summed E-state index contributed by atoms with van der Waals surface area (Å²) in [6, 6.07) is 7.46. The fourth-order valence-corrected chi connectivity index (χ4v) is 1.78. The van der Waals surface area contributed by atoms with Gasteiger partial charge in [0.2, 0.25) is 5.91 Å². The number of nitro benzene ring substituents is 1. The van der Waals surface area contributed by atoms with Gasteiger partial charge in [0, 0.05) is 37.0 Å². The Bertz CT molecular complexity index is 759. The van der Waals surface area contributed by atoms with Crippen LogP contribution < -0.4 is 10.2 Å². The Labute approximate surface area is 131 Å². The van der Waals surface area contributed by atoms with E-state index in [1.54, 1.807) is 31.5 Å². The van der Waals surface area contributed by atoms with E-state index in [-0.39, 0.29) is 23.0 Å². The van der Waals surface area contributed by atoms with Crippen molar-refractivity contribution in [2.24, 2.45) is 5.16 Å². The van der Waals surface area contributed by atoms with Gasteiger partial charge in [0.15, 0.2) is 5.75 Å². The summed E-state index contributed by atoms with van der Waals surface area (Å²) >= 11 is 0. The number of carbonyl (C=O) groups is 1.